The summed E-state index contributed by atoms with van der Waals surface area (Å²) >= 11 is 0. The van der Waals surface area contributed by atoms with E-state index in [-0.39, 0.29) is 5.78 Å². The van der Waals surface area contributed by atoms with Crippen LogP contribution in [0.5, 0.6) is 11.5 Å². The number of hydrogen-bond donors (Lipinski definition) is 1. The van der Waals surface area contributed by atoms with Gasteiger partial charge >= 0.3 is 0 Å². The van der Waals surface area contributed by atoms with Gasteiger partial charge in [-0.2, -0.15) is 5.10 Å². The number of allylic oxidation sites excluding steroid dienone is 1. The van der Waals surface area contributed by atoms with E-state index in [0.29, 0.717) is 34.0 Å². The largest absolute Gasteiger partial charge is 0.497 e. The lowest BCUT2D eigenvalue weighted by molar-refractivity contribution is 0.104. The van der Waals surface area contributed by atoms with Gasteiger partial charge in [-0.05, 0) is 48.6 Å². The molecule has 1 aromatic heterocycles. The van der Waals surface area contributed by atoms with Gasteiger partial charge in [-0.25, -0.2) is 8.78 Å². The number of carbonyl (C=O) groups is 1. The molecular formula is C20H16F2N2O3. The van der Waals surface area contributed by atoms with E-state index < -0.39 is 11.6 Å². The average molecular weight is 370 g/mol. The number of ketones is 1. The number of nitrogens with one attached hydrogen (secondary N) is 1. The van der Waals surface area contributed by atoms with Gasteiger partial charge in [-0.1, -0.05) is 0 Å². The third kappa shape index (κ3) is 4.20. The number of rotatable bonds is 6. The fraction of sp³-hybridized carbons (Fsp3) is 0.100. The van der Waals surface area contributed by atoms with Gasteiger partial charge in [0.1, 0.15) is 11.5 Å². The second-order valence-electron chi connectivity index (χ2n) is 5.64. The maximum absolute atomic E-state index is 13.3. The third-order valence-electron chi connectivity index (χ3n) is 3.86. The van der Waals surface area contributed by atoms with Crippen molar-refractivity contribution in [2.45, 2.75) is 0 Å². The van der Waals surface area contributed by atoms with E-state index in [1.807, 2.05) is 0 Å². The number of ether oxygens (including phenoxy) is 2. The van der Waals surface area contributed by atoms with Gasteiger partial charge in [0.05, 0.1) is 25.6 Å². The molecule has 5 nitrogen and oxygen atoms in total. The molecule has 3 aromatic rings. The molecule has 3 rings (SSSR count). The average Bonchev–Trinajstić information content (AvgIpc) is 3.16. The summed E-state index contributed by atoms with van der Waals surface area (Å²) in [5.74, 6) is -1.11. The van der Waals surface area contributed by atoms with E-state index in [1.165, 1.54) is 26.4 Å². The van der Waals surface area contributed by atoms with E-state index in [1.54, 1.807) is 30.3 Å². The minimum absolute atomic E-state index is 0.254. The summed E-state index contributed by atoms with van der Waals surface area (Å²) in [7, 11) is 3.01. The Morgan fingerprint density at radius 3 is 2.33 bits per heavy atom. The highest BCUT2D eigenvalue weighted by atomic mass is 19.2. The highest BCUT2D eigenvalue weighted by molar-refractivity contribution is 6.07. The summed E-state index contributed by atoms with van der Waals surface area (Å²) in [6.45, 7) is 0. The molecule has 7 heteroatoms. The van der Waals surface area contributed by atoms with Crippen LogP contribution in [0.1, 0.15) is 16.1 Å². The van der Waals surface area contributed by atoms with Crippen molar-refractivity contribution in [1.29, 1.82) is 0 Å². The molecule has 0 bridgehead atoms. The number of H-pyrrole nitrogens is 1. The molecule has 0 aliphatic heterocycles. The monoisotopic (exact) mass is 370 g/mol. The normalized spacial score (nSPS) is 11.0. The number of benzene rings is 2. The zero-order chi connectivity index (χ0) is 19.4. The van der Waals surface area contributed by atoms with Crippen molar-refractivity contribution >= 4 is 11.9 Å². The summed E-state index contributed by atoms with van der Waals surface area (Å²) in [6.07, 6.45) is 2.92. The van der Waals surface area contributed by atoms with Crippen LogP contribution in [-0.2, 0) is 0 Å². The van der Waals surface area contributed by atoms with Gasteiger partial charge in [-0.15, -0.1) is 0 Å². The number of halogens is 2. The second-order valence-corrected chi connectivity index (χ2v) is 5.64. The van der Waals surface area contributed by atoms with Crippen LogP contribution in [0.3, 0.4) is 0 Å². The van der Waals surface area contributed by atoms with Crippen LogP contribution in [0.25, 0.3) is 17.3 Å². The Balaban J connectivity index is 1.79. The number of aromatic nitrogens is 2. The van der Waals surface area contributed by atoms with Gasteiger partial charge in [0.15, 0.2) is 17.4 Å². The molecule has 0 atom stereocenters. The molecule has 0 radical (unpaired) electrons. The maximum Gasteiger partial charge on any atom is 0.186 e. The minimum atomic E-state index is -0.949. The van der Waals surface area contributed by atoms with Crippen LogP contribution >= 0.6 is 0 Å². The van der Waals surface area contributed by atoms with Crippen molar-refractivity contribution in [3.05, 3.63) is 71.4 Å². The van der Waals surface area contributed by atoms with Crippen LogP contribution in [-0.4, -0.2) is 30.2 Å². The number of hydrogen-bond acceptors (Lipinski definition) is 4. The van der Waals surface area contributed by atoms with Crippen molar-refractivity contribution in [3.8, 4) is 22.8 Å². The molecule has 0 saturated heterocycles. The van der Waals surface area contributed by atoms with E-state index in [4.69, 9.17) is 9.47 Å². The molecule has 2 aromatic carbocycles. The lowest BCUT2D eigenvalue weighted by atomic mass is 10.1. The summed E-state index contributed by atoms with van der Waals surface area (Å²) < 4.78 is 36.7. The number of aromatic amines is 1. The quantitative estimate of drug-likeness (QED) is 0.520. The van der Waals surface area contributed by atoms with Crippen molar-refractivity contribution in [3.63, 3.8) is 0 Å². The van der Waals surface area contributed by atoms with E-state index >= 15 is 0 Å². The molecule has 0 aliphatic carbocycles. The Bertz CT molecular complexity index is 990. The first-order valence-electron chi connectivity index (χ1n) is 7.96. The highest BCUT2D eigenvalue weighted by Crippen LogP contribution is 2.24. The topological polar surface area (TPSA) is 64.2 Å². The van der Waals surface area contributed by atoms with Crippen molar-refractivity contribution in [1.82, 2.24) is 10.2 Å². The fourth-order valence-electron chi connectivity index (χ4n) is 2.44. The molecule has 0 unspecified atom stereocenters. The predicted octanol–water partition coefficient (Wildman–Crippen LogP) is 4.27. The second kappa shape index (κ2) is 7.82. The van der Waals surface area contributed by atoms with Crippen LogP contribution < -0.4 is 9.47 Å². The van der Waals surface area contributed by atoms with Crippen LogP contribution in [0.15, 0.2) is 48.5 Å². The van der Waals surface area contributed by atoms with E-state index in [9.17, 15) is 13.6 Å². The van der Waals surface area contributed by atoms with Crippen LogP contribution in [0, 0.1) is 11.6 Å². The summed E-state index contributed by atoms with van der Waals surface area (Å²) in [4.78, 5) is 12.4. The van der Waals surface area contributed by atoms with Crippen molar-refractivity contribution in [2.24, 2.45) is 0 Å². The lowest BCUT2D eigenvalue weighted by Crippen LogP contribution is -1.97. The molecule has 0 fully saturated rings. The smallest absolute Gasteiger partial charge is 0.186 e. The van der Waals surface area contributed by atoms with Gasteiger partial charge in [0.25, 0.3) is 0 Å². The van der Waals surface area contributed by atoms with E-state index in [2.05, 4.69) is 10.2 Å². The Morgan fingerprint density at radius 2 is 1.70 bits per heavy atom. The highest BCUT2D eigenvalue weighted by Gasteiger charge is 2.09. The zero-order valence-corrected chi connectivity index (χ0v) is 14.6. The molecule has 1 N–H and O–H groups in total. The molecule has 0 amide bonds. The SMILES string of the molecule is COc1cc(OC)cc(C(=O)C=Cc2cc(-c3ccc(F)c(F)c3)n[nH]2)c1. The Hall–Kier alpha value is -3.48. The number of methoxy groups -OCH3 is 2. The van der Waals surface area contributed by atoms with Crippen LogP contribution in [0.4, 0.5) is 8.78 Å². The van der Waals surface area contributed by atoms with Crippen molar-refractivity contribution in [2.75, 3.05) is 14.2 Å². The maximum atomic E-state index is 13.3. The van der Waals surface area contributed by atoms with Crippen molar-refractivity contribution < 1.29 is 23.0 Å². The summed E-state index contributed by atoms with van der Waals surface area (Å²) in [6, 6.07) is 10.0. The molecule has 0 saturated carbocycles. The molecule has 0 aliphatic rings. The predicted molar refractivity (Wildman–Crippen MR) is 96.9 cm³/mol. The Kier molecular flexibility index (Phi) is 5.30. The van der Waals surface area contributed by atoms with E-state index in [0.717, 1.165) is 12.1 Å². The Labute approximate surface area is 154 Å². The first kappa shape index (κ1) is 18.3. The third-order valence-corrected chi connectivity index (χ3v) is 3.86. The fourth-order valence-corrected chi connectivity index (χ4v) is 2.44. The van der Waals surface area contributed by atoms with Gasteiger partial charge in [-0.3, -0.25) is 9.89 Å². The first-order chi connectivity index (χ1) is 13.0. The Morgan fingerprint density at radius 1 is 1.00 bits per heavy atom. The summed E-state index contributed by atoms with van der Waals surface area (Å²) in [5, 5.41) is 6.78. The number of nitrogens with zero attached hydrogens (tertiary/aromatic N) is 1. The van der Waals surface area contributed by atoms with Gasteiger partial charge < -0.3 is 9.47 Å². The minimum Gasteiger partial charge on any atom is -0.497 e. The lowest BCUT2D eigenvalue weighted by Gasteiger charge is -2.06. The van der Waals surface area contributed by atoms with Gasteiger partial charge in [0, 0.05) is 17.2 Å². The summed E-state index contributed by atoms with van der Waals surface area (Å²) in [5.41, 5.74) is 1.80. The molecule has 1 heterocycles. The first-order valence-corrected chi connectivity index (χ1v) is 7.96. The zero-order valence-electron chi connectivity index (χ0n) is 14.6. The molecular weight excluding hydrogens is 354 g/mol. The standard InChI is InChI=1S/C20H16F2N2O3/c1-26-15-7-13(8-16(11-15)27-2)20(25)6-4-14-10-19(24-23-14)12-3-5-17(21)18(22)9-12/h3-11H,1-2H3,(H,23,24). The molecule has 0 spiro atoms. The van der Waals surface area contributed by atoms with Crippen LogP contribution in [0.2, 0.25) is 0 Å². The molecule has 27 heavy (non-hydrogen) atoms. The van der Waals surface area contributed by atoms with Gasteiger partial charge in [0.2, 0.25) is 0 Å². The molecule has 138 valence electrons. The number of carbonyl (C=O) groups excluding carboxylic acids is 1.